The first-order valence-corrected chi connectivity index (χ1v) is 10.8. The van der Waals surface area contributed by atoms with Gasteiger partial charge >= 0.3 is 5.97 Å². The number of methoxy groups -OCH3 is 1. The van der Waals surface area contributed by atoms with E-state index in [1.54, 1.807) is 43.3 Å². The van der Waals surface area contributed by atoms with Crippen molar-refractivity contribution in [3.8, 4) is 16.9 Å². The molecule has 2 aliphatic heterocycles. The van der Waals surface area contributed by atoms with E-state index in [0.29, 0.717) is 27.4 Å². The van der Waals surface area contributed by atoms with Crippen LogP contribution in [0.3, 0.4) is 0 Å². The van der Waals surface area contributed by atoms with Crippen LogP contribution in [0.2, 0.25) is 0 Å². The maximum absolute atomic E-state index is 13.7. The van der Waals surface area contributed by atoms with Gasteiger partial charge < -0.3 is 20.1 Å². The zero-order valence-electron chi connectivity index (χ0n) is 17.7. The Morgan fingerprint density at radius 3 is 2.56 bits per heavy atom. The molecular weight excluding hydrogens is 428 g/mol. The normalized spacial score (nSPS) is 19.0. The predicted octanol–water partition coefficient (Wildman–Crippen LogP) is 4.04. The Balaban J connectivity index is 1.83. The molecule has 32 heavy (non-hydrogen) atoms. The lowest BCUT2D eigenvalue weighted by atomic mass is 9.74. The minimum atomic E-state index is -1.24. The molecule has 0 bridgehead atoms. The number of carbonyl (C=O) groups excluding carboxylic acids is 2. The molecule has 3 aromatic rings. The first-order chi connectivity index (χ1) is 15.3. The molecule has 162 valence electrons. The van der Waals surface area contributed by atoms with E-state index in [1.165, 1.54) is 0 Å². The number of rotatable bonds is 3. The summed E-state index contributed by atoms with van der Waals surface area (Å²) >= 11 is 1.06. The molecule has 0 fully saturated rings. The third kappa shape index (κ3) is 2.56. The van der Waals surface area contributed by atoms with Gasteiger partial charge in [-0.2, -0.15) is 0 Å². The number of anilines is 2. The summed E-state index contributed by atoms with van der Waals surface area (Å²) in [5.41, 5.74) is 2.62. The molecule has 2 aliphatic rings. The number of carbonyl (C=O) groups is 3. The van der Waals surface area contributed by atoms with Crippen LogP contribution in [-0.2, 0) is 15.0 Å². The van der Waals surface area contributed by atoms with Crippen molar-refractivity contribution in [2.45, 2.75) is 18.8 Å². The van der Waals surface area contributed by atoms with E-state index in [1.807, 2.05) is 25.1 Å². The van der Waals surface area contributed by atoms with Crippen LogP contribution in [0.15, 0.2) is 42.5 Å². The third-order valence-corrected chi connectivity index (χ3v) is 7.60. The van der Waals surface area contributed by atoms with Gasteiger partial charge in [0.1, 0.15) is 16.0 Å². The van der Waals surface area contributed by atoms with Gasteiger partial charge in [0.25, 0.3) is 0 Å². The number of amides is 2. The van der Waals surface area contributed by atoms with Gasteiger partial charge in [0, 0.05) is 12.6 Å². The summed E-state index contributed by atoms with van der Waals surface area (Å²) in [5, 5.41) is 12.9. The number of fused-ring (bicyclic) bond motifs is 4. The maximum Gasteiger partial charge on any atom is 0.346 e. The monoisotopic (exact) mass is 448 g/mol. The SMILES string of the molecule is COc1ccc(-c2c(C(=O)O)sc3c2NC(=O)C[C@]32C(=O)N(C)c3c(C)cccc32)cc1. The number of carboxylic acid groups (broad SMARTS) is 1. The topological polar surface area (TPSA) is 95.9 Å². The Bertz CT molecular complexity index is 1310. The number of benzene rings is 2. The van der Waals surface area contributed by atoms with Crippen molar-refractivity contribution in [1.29, 1.82) is 0 Å². The van der Waals surface area contributed by atoms with Crippen LogP contribution in [0.25, 0.3) is 11.1 Å². The van der Waals surface area contributed by atoms with E-state index in [0.717, 1.165) is 28.2 Å². The molecule has 7 nitrogen and oxygen atoms in total. The molecular formula is C24H20N2O5S. The molecule has 0 unspecified atom stereocenters. The number of nitrogens with one attached hydrogen (secondary N) is 1. The van der Waals surface area contributed by atoms with Crippen molar-refractivity contribution in [2.75, 3.05) is 24.4 Å². The highest BCUT2D eigenvalue weighted by Gasteiger charge is 2.57. The molecule has 1 aromatic heterocycles. The average Bonchev–Trinajstić information content (AvgIpc) is 3.25. The zero-order valence-corrected chi connectivity index (χ0v) is 18.5. The van der Waals surface area contributed by atoms with E-state index in [2.05, 4.69) is 5.32 Å². The largest absolute Gasteiger partial charge is 0.497 e. The molecule has 1 spiro atoms. The second-order valence-electron chi connectivity index (χ2n) is 8.01. The van der Waals surface area contributed by atoms with Crippen molar-refractivity contribution in [3.05, 3.63) is 63.3 Å². The van der Waals surface area contributed by atoms with Gasteiger partial charge in [-0.3, -0.25) is 9.59 Å². The molecule has 2 N–H and O–H groups in total. The summed E-state index contributed by atoms with van der Waals surface area (Å²) in [6.07, 6.45) is -0.0682. The predicted molar refractivity (Wildman–Crippen MR) is 122 cm³/mol. The fourth-order valence-electron chi connectivity index (χ4n) is 4.88. The Morgan fingerprint density at radius 1 is 1.19 bits per heavy atom. The Morgan fingerprint density at radius 2 is 1.91 bits per heavy atom. The number of likely N-dealkylation sites (N-methyl/N-ethyl adjacent to an activating group) is 1. The molecule has 3 heterocycles. The van der Waals surface area contributed by atoms with Gasteiger partial charge in [-0.1, -0.05) is 30.3 Å². The third-order valence-electron chi connectivity index (χ3n) is 6.26. The summed E-state index contributed by atoms with van der Waals surface area (Å²) in [6, 6.07) is 12.6. The van der Waals surface area contributed by atoms with Gasteiger partial charge in [-0.25, -0.2) is 4.79 Å². The van der Waals surface area contributed by atoms with Crippen LogP contribution in [0.5, 0.6) is 5.75 Å². The van der Waals surface area contributed by atoms with Gasteiger partial charge in [0.15, 0.2) is 0 Å². The lowest BCUT2D eigenvalue weighted by molar-refractivity contribution is -0.126. The van der Waals surface area contributed by atoms with Crippen molar-refractivity contribution >= 4 is 40.5 Å². The van der Waals surface area contributed by atoms with E-state index >= 15 is 0 Å². The number of thiophene rings is 1. The first kappa shape index (κ1) is 20.3. The highest BCUT2D eigenvalue weighted by molar-refractivity contribution is 7.15. The summed E-state index contributed by atoms with van der Waals surface area (Å²) in [7, 11) is 3.25. The number of hydrogen-bond acceptors (Lipinski definition) is 5. The molecule has 2 aromatic carbocycles. The number of carboxylic acids is 1. The minimum Gasteiger partial charge on any atom is -0.497 e. The van der Waals surface area contributed by atoms with E-state index in [-0.39, 0.29) is 23.1 Å². The van der Waals surface area contributed by atoms with Crippen molar-refractivity contribution in [1.82, 2.24) is 0 Å². The number of ether oxygens (including phenoxy) is 1. The van der Waals surface area contributed by atoms with Crippen LogP contribution in [0, 0.1) is 6.92 Å². The van der Waals surface area contributed by atoms with E-state index < -0.39 is 11.4 Å². The fourth-order valence-corrected chi connectivity index (χ4v) is 6.19. The number of nitrogens with zero attached hydrogens (tertiary/aromatic N) is 1. The van der Waals surface area contributed by atoms with Crippen LogP contribution in [0.4, 0.5) is 11.4 Å². The molecule has 0 saturated carbocycles. The number of hydrogen-bond donors (Lipinski definition) is 2. The zero-order chi connectivity index (χ0) is 22.8. The highest BCUT2D eigenvalue weighted by atomic mass is 32.1. The highest BCUT2D eigenvalue weighted by Crippen LogP contribution is 2.57. The van der Waals surface area contributed by atoms with Crippen molar-refractivity contribution in [3.63, 3.8) is 0 Å². The fraction of sp³-hybridized carbons (Fsp3) is 0.208. The minimum absolute atomic E-state index is 0.0682. The van der Waals surface area contributed by atoms with Crippen LogP contribution in [0.1, 0.15) is 32.1 Å². The van der Waals surface area contributed by atoms with Crippen LogP contribution >= 0.6 is 11.3 Å². The quantitative estimate of drug-likeness (QED) is 0.631. The number of para-hydroxylation sites is 1. The average molecular weight is 449 g/mol. The lowest BCUT2D eigenvalue weighted by Gasteiger charge is -2.32. The Labute approximate surface area is 188 Å². The Kier molecular flexibility index (Phi) is 4.39. The lowest BCUT2D eigenvalue weighted by Crippen LogP contribution is -2.45. The van der Waals surface area contributed by atoms with E-state index in [9.17, 15) is 19.5 Å². The molecule has 8 heteroatoms. The standard InChI is InChI=1S/C24H20N2O5S/c1-12-5-4-6-15-19(12)26(2)23(30)24(15)11-16(27)25-18-17(20(22(28)29)32-21(18)24)13-7-9-14(31-3)10-8-13/h4-10H,11H2,1-3H3,(H,25,27)(H,28,29)/t24-/m1/s1. The van der Waals surface area contributed by atoms with Crippen LogP contribution < -0.4 is 15.0 Å². The van der Waals surface area contributed by atoms with Gasteiger partial charge in [0.05, 0.1) is 29.8 Å². The maximum atomic E-state index is 13.7. The molecule has 2 amide bonds. The molecule has 0 radical (unpaired) electrons. The molecule has 1 atom stereocenters. The Hall–Kier alpha value is -3.65. The van der Waals surface area contributed by atoms with Gasteiger partial charge in [-0.15, -0.1) is 11.3 Å². The van der Waals surface area contributed by atoms with E-state index in [4.69, 9.17) is 4.74 Å². The number of aryl methyl sites for hydroxylation is 1. The second kappa shape index (κ2) is 6.93. The van der Waals surface area contributed by atoms with Gasteiger partial charge in [-0.05, 0) is 35.7 Å². The number of aromatic carboxylic acids is 1. The van der Waals surface area contributed by atoms with Crippen LogP contribution in [-0.4, -0.2) is 37.0 Å². The van der Waals surface area contributed by atoms with Gasteiger partial charge in [0.2, 0.25) is 11.8 Å². The molecule has 0 aliphatic carbocycles. The molecule has 5 rings (SSSR count). The molecule has 0 saturated heterocycles. The van der Waals surface area contributed by atoms with Crippen molar-refractivity contribution < 1.29 is 24.2 Å². The summed E-state index contributed by atoms with van der Waals surface area (Å²) in [5.74, 6) is -1.02. The first-order valence-electron chi connectivity index (χ1n) is 10.0. The summed E-state index contributed by atoms with van der Waals surface area (Å²) in [4.78, 5) is 41.1. The van der Waals surface area contributed by atoms with Crippen molar-refractivity contribution in [2.24, 2.45) is 0 Å². The smallest absolute Gasteiger partial charge is 0.346 e. The summed E-state index contributed by atoms with van der Waals surface area (Å²) in [6.45, 7) is 1.92. The second-order valence-corrected chi connectivity index (χ2v) is 9.03. The summed E-state index contributed by atoms with van der Waals surface area (Å²) < 4.78 is 5.21.